The van der Waals surface area contributed by atoms with Crippen LogP contribution in [0.25, 0.3) is 6.08 Å². The van der Waals surface area contributed by atoms with E-state index in [0.717, 1.165) is 35.4 Å². The van der Waals surface area contributed by atoms with E-state index in [1.807, 2.05) is 31.2 Å². The van der Waals surface area contributed by atoms with Crippen LogP contribution in [0.5, 0.6) is 11.5 Å². The minimum Gasteiger partial charge on any atom is -0.478 e. The molecule has 3 aromatic rings. The molecule has 0 bridgehead atoms. The molecule has 0 unspecified atom stereocenters. The fraction of sp³-hybridized carbons (Fsp3) is 0.321. The Bertz CT molecular complexity index is 1220. The summed E-state index contributed by atoms with van der Waals surface area (Å²) in [6.45, 7) is 10.7. The van der Waals surface area contributed by atoms with Crippen molar-refractivity contribution in [1.29, 1.82) is 0 Å². The lowest BCUT2D eigenvalue weighted by molar-refractivity contribution is 0.0951. The van der Waals surface area contributed by atoms with Crippen LogP contribution < -0.4 is 9.47 Å². The molecule has 0 fully saturated rings. The van der Waals surface area contributed by atoms with Gasteiger partial charge in [-0.2, -0.15) is 0 Å². The highest BCUT2D eigenvalue weighted by atomic mass is 32.1. The first-order chi connectivity index (χ1) is 15.8. The predicted octanol–water partition coefficient (Wildman–Crippen LogP) is 6.36. The lowest BCUT2D eigenvalue weighted by atomic mass is 9.86. The number of aryl methyl sites for hydroxylation is 1. The number of hydrogen-bond acceptors (Lipinski definition) is 5. The topological polar surface area (TPSA) is 38.8 Å². The summed E-state index contributed by atoms with van der Waals surface area (Å²) in [6, 6.07) is 14.6. The van der Waals surface area contributed by atoms with E-state index < -0.39 is 0 Å². The number of carbonyl (C=O) groups is 1. The van der Waals surface area contributed by atoms with Gasteiger partial charge in [0.05, 0.1) is 11.1 Å². The smallest absolute Gasteiger partial charge is 0.232 e. The van der Waals surface area contributed by atoms with E-state index in [0.29, 0.717) is 30.3 Å². The van der Waals surface area contributed by atoms with Gasteiger partial charge in [0, 0.05) is 18.0 Å². The summed E-state index contributed by atoms with van der Waals surface area (Å²) < 4.78 is 12.3. The van der Waals surface area contributed by atoms with E-state index >= 15 is 0 Å². The summed E-state index contributed by atoms with van der Waals surface area (Å²) >= 11 is 1.78. The van der Waals surface area contributed by atoms with Gasteiger partial charge in [-0.3, -0.25) is 9.69 Å². The molecule has 33 heavy (non-hydrogen) atoms. The van der Waals surface area contributed by atoms with Crippen LogP contribution >= 0.6 is 11.3 Å². The van der Waals surface area contributed by atoms with Crippen molar-refractivity contribution in [2.45, 2.75) is 46.1 Å². The fourth-order valence-corrected chi connectivity index (χ4v) is 5.07. The quantitative estimate of drug-likeness (QED) is 0.425. The Hall–Kier alpha value is -2.89. The van der Waals surface area contributed by atoms with Crippen LogP contribution in [0.1, 0.15) is 58.3 Å². The highest BCUT2D eigenvalue weighted by molar-refractivity contribution is 7.09. The van der Waals surface area contributed by atoms with Crippen LogP contribution in [0.2, 0.25) is 0 Å². The number of nitrogens with zero attached hydrogens (tertiary/aromatic N) is 1. The molecule has 0 saturated carbocycles. The first-order valence-corrected chi connectivity index (χ1v) is 12.3. The van der Waals surface area contributed by atoms with E-state index in [1.54, 1.807) is 11.3 Å². The summed E-state index contributed by atoms with van der Waals surface area (Å²) in [7, 11) is 0. The monoisotopic (exact) mass is 459 g/mol. The first-order valence-electron chi connectivity index (χ1n) is 11.4. The Labute approximate surface area is 199 Å². The van der Waals surface area contributed by atoms with Crippen LogP contribution in [-0.2, 0) is 18.4 Å². The summed E-state index contributed by atoms with van der Waals surface area (Å²) in [5.41, 5.74) is 4.83. The van der Waals surface area contributed by atoms with E-state index in [9.17, 15) is 4.79 Å². The molecule has 0 N–H and O–H groups in total. The number of rotatable bonds is 4. The minimum absolute atomic E-state index is 0.0547. The number of thiophene rings is 1. The predicted molar refractivity (Wildman–Crippen MR) is 133 cm³/mol. The van der Waals surface area contributed by atoms with Crippen molar-refractivity contribution < 1.29 is 14.3 Å². The second-order valence-corrected chi connectivity index (χ2v) is 10.9. The number of Topliss-reactive ketones (excluding diaryl/α,β-unsaturated/α-hetero) is 1. The first kappa shape index (κ1) is 21.9. The zero-order valence-corrected chi connectivity index (χ0v) is 20.4. The second-order valence-electron chi connectivity index (χ2n) is 9.84. The number of fused-ring (bicyclic) bond motifs is 3. The van der Waals surface area contributed by atoms with Gasteiger partial charge < -0.3 is 9.47 Å². The lowest BCUT2D eigenvalue weighted by Crippen LogP contribution is -2.33. The Morgan fingerprint density at radius 1 is 1.15 bits per heavy atom. The van der Waals surface area contributed by atoms with Crippen molar-refractivity contribution in [2.24, 2.45) is 0 Å². The van der Waals surface area contributed by atoms with Crippen LogP contribution in [0.3, 0.4) is 0 Å². The van der Waals surface area contributed by atoms with E-state index in [-0.39, 0.29) is 11.2 Å². The molecule has 1 aromatic heterocycles. The third-order valence-electron chi connectivity index (χ3n) is 6.32. The van der Waals surface area contributed by atoms with Crippen LogP contribution in [0.4, 0.5) is 0 Å². The summed E-state index contributed by atoms with van der Waals surface area (Å²) in [5, 5.41) is 2.11. The molecule has 0 aliphatic carbocycles. The fourth-order valence-electron chi connectivity index (χ4n) is 4.37. The third-order valence-corrected chi connectivity index (χ3v) is 7.25. The highest BCUT2D eigenvalue weighted by Gasteiger charge is 2.35. The molecule has 4 nitrogen and oxygen atoms in total. The molecule has 2 aliphatic heterocycles. The second kappa shape index (κ2) is 8.47. The number of carbonyl (C=O) groups excluding carboxylic acids is 1. The van der Waals surface area contributed by atoms with Gasteiger partial charge >= 0.3 is 0 Å². The molecular formula is C28H29NO3S. The van der Waals surface area contributed by atoms with Gasteiger partial charge in [0.2, 0.25) is 5.78 Å². The van der Waals surface area contributed by atoms with Crippen LogP contribution in [-0.4, -0.2) is 24.0 Å². The molecule has 5 rings (SSSR count). The van der Waals surface area contributed by atoms with Gasteiger partial charge in [0.25, 0.3) is 0 Å². The Kier molecular flexibility index (Phi) is 5.63. The molecule has 0 amide bonds. The summed E-state index contributed by atoms with van der Waals surface area (Å²) in [6.07, 6.45) is 2.83. The molecule has 2 aromatic carbocycles. The van der Waals surface area contributed by atoms with Gasteiger partial charge in [-0.1, -0.05) is 51.1 Å². The Morgan fingerprint density at radius 2 is 1.94 bits per heavy atom. The van der Waals surface area contributed by atoms with Gasteiger partial charge in [-0.15, -0.1) is 11.3 Å². The van der Waals surface area contributed by atoms with Gasteiger partial charge in [-0.05, 0) is 59.0 Å². The van der Waals surface area contributed by atoms with E-state index in [2.05, 4.69) is 55.3 Å². The third kappa shape index (κ3) is 4.35. The maximum atomic E-state index is 13.3. The maximum Gasteiger partial charge on any atom is 0.232 e. The van der Waals surface area contributed by atoms with E-state index in [1.165, 1.54) is 10.4 Å². The molecule has 170 valence electrons. The Balaban J connectivity index is 1.40. The minimum atomic E-state index is -0.0547. The SMILES string of the molecule is Cc1cc2c(c3c1C(=O)/C(=C/c1ccc(C(C)(C)C)cc1)O3)CN(CCc1cccs1)CO2. The van der Waals surface area contributed by atoms with Crippen molar-refractivity contribution in [3.05, 3.63) is 86.3 Å². The van der Waals surface area contributed by atoms with E-state index in [4.69, 9.17) is 9.47 Å². The highest BCUT2D eigenvalue weighted by Crippen LogP contribution is 2.44. The number of ether oxygens (including phenoxy) is 2. The van der Waals surface area contributed by atoms with Crippen molar-refractivity contribution in [3.8, 4) is 11.5 Å². The zero-order valence-electron chi connectivity index (χ0n) is 19.6. The summed E-state index contributed by atoms with van der Waals surface area (Å²) in [4.78, 5) is 16.9. The Morgan fingerprint density at radius 3 is 2.64 bits per heavy atom. The zero-order chi connectivity index (χ0) is 23.2. The molecule has 3 heterocycles. The average Bonchev–Trinajstić information content (AvgIpc) is 3.41. The largest absolute Gasteiger partial charge is 0.478 e. The average molecular weight is 460 g/mol. The molecule has 0 radical (unpaired) electrons. The summed E-state index contributed by atoms with van der Waals surface area (Å²) in [5.74, 6) is 1.80. The van der Waals surface area contributed by atoms with Gasteiger partial charge in [0.15, 0.2) is 5.76 Å². The molecule has 0 atom stereocenters. The van der Waals surface area contributed by atoms with Crippen molar-refractivity contribution in [1.82, 2.24) is 4.90 Å². The number of allylic oxidation sites excluding steroid dienone is 1. The molecule has 2 aliphatic rings. The standard InChI is InChI=1S/C28H29NO3S/c1-18-14-23-22(16-29(17-31-23)12-11-21-6-5-13-33-21)27-25(18)26(30)24(32-27)15-19-7-9-20(10-8-19)28(2,3)4/h5-10,13-15H,11-12,16-17H2,1-4H3/b24-15-. The van der Waals surface area contributed by atoms with Gasteiger partial charge in [-0.25, -0.2) is 0 Å². The molecule has 5 heteroatoms. The molecule has 0 saturated heterocycles. The molecular weight excluding hydrogens is 430 g/mol. The molecule has 0 spiro atoms. The van der Waals surface area contributed by atoms with Crippen LogP contribution in [0.15, 0.2) is 53.6 Å². The number of hydrogen-bond donors (Lipinski definition) is 0. The number of benzene rings is 2. The van der Waals surface area contributed by atoms with Gasteiger partial charge in [0.1, 0.15) is 18.2 Å². The lowest BCUT2D eigenvalue weighted by Gasteiger charge is -2.30. The van der Waals surface area contributed by atoms with Crippen molar-refractivity contribution in [2.75, 3.05) is 13.3 Å². The van der Waals surface area contributed by atoms with Crippen molar-refractivity contribution in [3.63, 3.8) is 0 Å². The normalized spacial score (nSPS) is 17.0. The number of ketones is 1. The van der Waals surface area contributed by atoms with Crippen molar-refractivity contribution >= 4 is 23.2 Å². The maximum absolute atomic E-state index is 13.3. The van der Waals surface area contributed by atoms with Crippen LogP contribution in [0, 0.1) is 6.92 Å².